The molecule has 92 valence electrons. The van der Waals surface area contributed by atoms with Gasteiger partial charge in [-0.25, -0.2) is 4.98 Å². The van der Waals surface area contributed by atoms with Crippen molar-refractivity contribution >= 4 is 24.0 Å². The fourth-order valence-corrected chi connectivity index (χ4v) is 1.92. The van der Waals surface area contributed by atoms with Crippen LogP contribution in [0.4, 0.5) is 0 Å². The summed E-state index contributed by atoms with van der Waals surface area (Å²) >= 11 is 6.06. The fraction of sp³-hybridized carbons (Fsp3) is 0.250. The fourth-order valence-electron chi connectivity index (χ4n) is 1.70. The van der Waals surface area contributed by atoms with Crippen molar-refractivity contribution in [1.82, 2.24) is 9.55 Å². The van der Waals surface area contributed by atoms with E-state index in [4.69, 9.17) is 17.3 Å². The Bertz CT molecular complexity index is 480. The van der Waals surface area contributed by atoms with Crippen molar-refractivity contribution in [1.29, 1.82) is 0 Å². The molecule has 1 unspecified atom stereocenters. The van der Waals surface area contributed by atoms with Gasteiger partial charge in [-0.15, -0.1) is 12.4 Å². The molecule has 0 aliphatic heterocycles. The number of hydrogen-bond acceptors (Lipinski definition) is 2. The summed E-state index contributed by atoms with van der Waals surface area (Å²) in [4.78, 5) is 4.07. The van der Waals surface area contributed by atoms with E-state index in [1.807, 2.05) is 42.0 Å². The summed E-state index contributed by atoms with van der Waals surface area (Å²) in [5, 5.41) is 0.504. The van der Waals surface area contributed by atoms with Crippen LogP contribution in [0.15, 0.2) is 36.7 Å². The Labute approximate surface area is 112 Å². The molecule has 0 spiro atoms. The first-order valence-corrected chi connectivity index (χ1v) is 5.59. The van der Waals surface area contributed by atoms with Gasteiger partial charge >= 0.3 is 0 Å². The van der Waals surface area contributed by atoms with Gasteiger partial charge in [0.1, 0.15) is 0 Å². The number of rotatable bonds is 3. The summed E-state index contributed by atoms with van der Waals surface area (Å²) in [5.74, 6) is 0. The number of nitrogens with two attached hydrogens (primary N) is 1. The van der Waals surface area contributed by atoms with E-state index in [1.54, 1.807) is 6.20 Å². The zero-order valence-electron chi connectivity index (χ0n) is 9.51. The van der Waals surface area contributed by atoms with E-state index in [1.165, 1.54) is 0 Å². The molecule has 0 fully saturated rings. The van der Waals surface area contributed by atoms with Crippen LogP contribution in [-0.2, 0) is 6.42 Å². The minimum absolute atomic E-state index is 0. The van der Waals surface area contributed by atoms with E-state index in [-0.39, 0.29) is 18.4 Å². The zero-order valence-corrected chi connectivity index (χ0v) is 11.1. The lowest BCUT2D eigenvalue weighted by atomic mass is 10.2. The first kappa shape index (κ1) is 14.0. The zero-order chi connectivity index (χ0) is 11.5. The Morgan fingerprint density at radius 2 is 2.18 bits per heavy atom. The quantitative estimate of drug-likeness (QED) is 0.873. The van der Waals surface area contributed by atoms with Crippen LogP contribution in [0.1, 0.15) is 12.6 Å². The maximum Gasteiger partial charge on any atom is 0.152 e. The average molecular weight is 272 g/mol. The van der Waals surface area contributed by atoms with E-state index < -0.39 is 0 Å². The third-order valence-corrected chi connectivity index (χ3v) is 2.65. The molecule has 0 aromatic carbocycles. The number of nitrogens with zero attached hydrogens (tertiary/aromatic N) is 2. The summed E-state index contributed by atoms with van der Waals surface area (Å²) < 4.78 is 2.03. The second kappa shape index (κ2) is 6.05. The standard InChI is InChI=1S/C12H14ClN3.ClH/c1-9(14)8-10-4-3-7-16(10)11-5-2-6-15-12(11)13;/h2-7,9H,8,14H2,1H3;1H. The van der Waals surface area contributed by atoms with Crippen LogP contribution >= 0.6 is 24.0 Å². The van der Waals surface area contributed by atoms with Crippen LogP contribution < -0.4 is 5.73 Å². The van der Waals surface area contributed by atoms with Gasteiger partial charge in [0, 0.05) is 30.6 Å². The molecule has 0 radical (unpaired) electrons. The Morgan fingerprint density at radius 1 is 1.41 bits per heavy atom. The van der Waals surface area contributed by atoms with Gasteiger partial charge in [0.05, 0.1) is 5.69 Å². The normalized spacial score (nSPS) is 11.9. The Balaban J connectivity index is 0.00000144. The molecule has 2 rings (SSSR count). The molecule has 0 saturated carbocycles. The summed E-state index contributed by atoms with van der Waals surface area (Å²) in [6.45, 7) is 1.99. The molecular formula is C12H15Cl2N3. The second-order valence-electron chi connectivity index (χ2n) is 3.86. The first-order valence-electron chi connectivity index (χ1n) is 5.21. The highest BCUT2D eigenvalue weighted by molar-refractivity contribution is 6.31. The molecule has 3 nitrogen and oxygen atoms in total. The van der Waals surface area contributed by atoms with Gasteiger partial charge in [0.2, 0.25) is 0 Å². The monoisotopic (exact) mass is 271 g/mol. The van der Waals surface area contributed by atoms with Gasteiger partial charge in [-0.3, -0.25) is 0 Å². The van der Waals surface area contributed by atoms with E-state index in [2.05, 4.69) is 4.98 Å². The van der Waals surface area contributed by atoms with Crippen LogP contribution in [-0.4, -0.2) is 15.6 Å². The number of hydrogen-bond donors (Lipinski definition) is 1. The predicted molar refractivity (Wildman–Crippen MR) is 73.2 cm³/mol. The summed E-state index contributed by atoms with van der Waals surface area (Å²) in [6.07, 6.45) is 4.47. The van der Waals surface area contributed by atoms with Gasteiger partial charge in [-0.05, 0) is 31.2 Å². The van der Waals surface area contributed by atoms with Gasteiger partial charge in [0.25, 0.3) is 0 Å². The third-order valence-electron chi connectivity index (χ3n) is 2.36. The lowest BCUT2D eigenvalue weighted by molar-refractivity contribution is 0.709. The predicted octanol–water partition coefficient (Wildman–Crippen LogP) is 2.84. The van der Waals surface area contributed by atoms with Crippen LogP contribution in [0.2, 0.25) is 5.15 Å². The molecule has 0 saturated heterocycles. The molecule has 0 amide bonds. The van der Waals surface area contributed by atoms with E-state index in [9.17, 15) is 0 Å². The van der Waals surface area contributed by atoms with Gasteiger partial charge in [0.15, 0.2) is 5.15 Å². The van der Waals surface area contributed by atoms with E-state index in [0.717, 1.165) is 17.8 Å². The average Bonchev–Trinajstić information content (AvgIpc) is 2.66. The number of aromatic nitrogens is 2. The van der Waals surface area contributed by atoms with Crippen LogP contribution in [0.25, 0.3) is 5.69 Å². The molecule has 0 bridgehead atoms. The van der Waals surface area contributed by atoms with Crippen LogP contribution in [0.3, 0.4) is 0 Å². The lowest BCUT2D eigenvalue weighted by Gasteiger charge is -2.11. The van der Waals surface area contributed by atoms with Crippen molar-refractivity contribution in [2.24, 2.45) is 5.73 Å². The second-order valence-corrected chi connectivity index (χ2v) is 4.22. The summed E-state index contributed by atoms with van der Waals surface area (Å²) in [7, 11) is 0. The van der Waals surface area contributed by atoms with Crippen LogP contribution in [0.5, 0.6) is 0 Å². The maximum absolute atomic E-state index is 6.06. The molecule has 2 aromatic rings. The van der Waals surface area contributed by atoms with Crippen molar-refractivity contribution in [3.05, 3.63) is 47.5 Å². The Hall–Kier alpha value is -1.03. The van der Waals surface area contributed by atoms with E-state index >= 15 is 0 Å². The van der Waals surface area contributed by atoms with E-state index in [0.29, 0.717) is 5.15 Å². The molecule has 17 heavy (non-hydrogen) atoms. The molecule has 2 heterocycles. The van der Waals surface area contributed by atoms with Gasteiger partial charge < -0.3 is 10.3 Å². The SMILES string of the molecule is CC(N)Cc1cccn1-c1cccnc1Cl.Cl. The molecular weight excluding hydrogens is 257 g/mol. The summed E-state index contributed by atoms with van der Waals surface area (Å²) in [6, 6.07) is 7.98. The molecule has 1 atom stereocenters. The van der Waals surface area contributed by atoms with Crippen molar-refractivity contribution in [2.75, 3.05) is 0 Å². The molecule has 0 aliphatic rings. The topological polar surface area (TPSA) is 43.8 Å². The van der Waals surface area contributed by atoms with Crippen molar-refractivity contribution in [3.8, 4) is 5.69 Å². The smallest absolute Gasteiger partial charge is 0.152 e. The van der Waals surface area contributed by atoms with Crippen molar-refractivity contribution < 1.29 is 0 Å². The molecule has 5 heteroatoms. The lowest BCUT2D eigenvalue weighted by Crippen LogP contribution is -2.19. The minimum atomic E-state index is 0. The number of pyridine rings is 1. The highest BCUT2D eigenvalue weighted by Crippen LogP contribution is 2.20. The highest BCUT2D eigenvalue weighted by Gasteiger charge is 2.08. The number of halogens is 2. The summed E-state index contributed by atoms with van der Waals surface area (Å²) in [5.41, 5.74) is 7.84. The van der Waals surface area contributed by atoms with Gasteiger partial charge in [-0.1, -0.05) is 11.6 Å². The molecule has 0 aliphatic carbocycles. The Morgan fingerprint density at radius 3 is 2.82 bits per heavy atom. The van der Waals surface area contributed by atoms with Crippen molar-refractivity contribution in [3.63, 3.8) is 0 Å². The molecule has 2 N–H and O–H groups in total. The first-order chi connectivity index (χ1) is 7.68. The minimum Gasteiger partial charge on any atom is -0.328 e. The van der Waals surface area contributed by atoms with Crippen molar-refractivity contribution in [2.45, 2.75) is 19.4 Å². The highest BCUT2D eigenvalue weighted by atomic mass is 35.5. The van der Waals surface area contributed by atoms with Gasteiger partial charge in [-0.2, -0.15) is 0 Å². The third kappa shape index (κ3) is 3.22. The van der Waals surface area contributed by atoms with Crippen LogP contribution in [0, 0.1) is 0 Å². The Kier molecular flexibility index (Phi) is 5.00. The maximum atomic E-state index is 6.06. The molecule has 2 aromatic heterocycles. The largest absolute Gasteiger partial charge is 0.328 e.